The molecule has 0 aliphatic heterocycles. The zero-order chi connectivity index (χ0) is 19.0. The maximum Gasteiger partial charge on any atom is 0.313 e. The molecule has 0 unspecified atom stereocenters. The lowest BCUT2D eigenvalue weighted by Crippen LogP contribution is -2.39. The third kappa shape index (κ3) is 4.83. The van der Waals surface area contributed by atoms with Gasteiger partial charge in [0.05, 0.1) is 5.41 Å². The van der Waals surface area contributed by atoms with Gasteiger partial charge in [-0.2, -0.15) is 0 Å². The summed E-state index contributed by atoms with van der Waals surface area (Å²) < 4.78 is 10.2. The van der Waals surface area contributed by atoms with Crippen LogP contribution in [0.3, 0.4) is 0 Å². The lowest BCUT2D eigenvalue weighted by molar-refractivity contribution is -0.149. The number of ether oxygens (including phenoxy) is 2. The molecule has 0 fully saturated rings. The molecule has 1 aliphatic carbocycles. The van der Waals surface area contributed by atoms with Crippen LogP contribution in [0.25, 0.3) is 0 Å². The number of benzene rings is 1. The molecule has 0 radical (unpaired) electrons. The first-order chi connectivity index (χ1) is 12.5. The fraction of sp³-hybridized carbons (Fsp3) is 0.455. The van der Waals surface area contributed by atoms with Crippen LogP contribution in [0.15, 0.2) is 42.0 Å². The third-order valence-electron chi connectivity index (χ3n) is 5.06. The quantitative estimate of drug-likeness (QED) is 0.444. The minimum Gasteiger partial charge on any atom is -0.460 e. The Balaban J connectivity index is 2.04. The van der Waals surface area contributed by atoms with Gasteiger partial charge in [0.15, 0.2) is 5.78 Å². The van der Waals surface area contributed by atoms with Crippen LogP contribution in [0.4, 0.5) is 0 Å². The van der Waals surface area contributed by atoms with Crippen LogP contribution in [-0.2, 0) is 25.7 Å². The fourth-order valence-corrected chi connectivity index (χ4v) is 3.16. The zero-order valence-corrected chi connectivity index (χ0v) is 15.7. The van der Waals surface area contributed by atoms with Crippen LogP contribution in [0.2, 0.25) is 0 Å². The Hall–Kier alpha value is -2.38. The predicted molar refractivity (Wildman–Crippen MR) is 100 cm³/mol. The van der Waals surface area contributed by atoms with Crippen molar-refractivity contribution in [2.75, 3.05) is 13.7 Å². The van der Waals surface area contributed by atoms with Gasteiger partial charge in [0.1, 0.15) is 19.6 Å². The van der Waals surface area contributed by atoms with E-state index in [-0.39, 0.29) is 24.7 Å². The largest absolute Gasteiger partial charge is 0.460 e. The maximum absolute atomic E-state index is 13.0. The second-order valence-electron chi connectivity index (χ2n) is 6.78. The summed E-state index contributed by atoms with van der Waals surface area (Å²) in [5.74, 6) is 5.48. The van der Waals surface area contributed by atoms with Gasteiger partial charge in [0.25, 0.3) is 0 Å². The number of hydrogen-bond acceptors (Lipinski definition) is 4. The van der Waals surface area contributed by atoms with Crippen molar-refractivity contribution >= 4 is 11.8 Å². The van der Waals surface area contributed by atoms with E-state index in [1.54, 1.807) is 7.11 Å². The monoisotopic (exact) mass is 354 g/mol. The van der Waals surface area contributed by atoms with Gasteiger partial charge >= 0.3 is 5.97 Å². The van der Waals surface area contributed by atoms with Crippen LogP contribution in [-0.4, -0.2) is 25.5 Å². The molecule has 0 amide bonds. The molecule has 4 heteroatoms. The fourth-order valence-electron chi connectivity index (χ4n) is 3.16. The standard InChI is InChI=1S/C22H26O4/c1-17-9-7-12-19(13-8-14-25-3)22(17,2)20(23)15-21(24)26-16-18-10-5-4-6-11-18/h4-6,10-12,17H,7,9,14-16H2,1-3H3/t17-,22-/m1/s1. The highest BCUT2D eigenvalue weighted by Gasteiger charge is 2.43. The predicted octanol–water partition coefficient (Wildman–Crippen LogP) is 3.70. The number of carbonyl (C=O) groups is 2. The van der Waals surface area contributed by atoms with E-state index in [4.69, 9.17) is 9.47 Å². The Morgan fingerprint density at radius 2 is 2.00 bits per heavy atom. The third-order valence-corrected chi connectivity index (χ3v) is 5.06. The molecule has 1 aromatic rings. The highest BCUT2D eigenvalue weighted by molar-refractivity contribution is 6.01. The van der Waals surface area contributed by atoms with Gasteiger partial charge in [0, 0.05) is 12.7 Å². The summed E-state index contributed by atoms with van der Waals surface area (Å²) in [6.45, 7) is 4.42. The summed E-state index contributed by atoms with van der Waals surface area (Å²) >= 11 is 0. The van der Waals surface area contributed by atoms with Crippen LogP contribution in [0.1, 0.15) is 38.7 Å². The average molecular weight is 354 g/mol. The minimum absolute atomic E-state index is 0.119. The lowest BCUT2D eigenvalue weighted by Gasteiger charge is -2.37. The van der Waals surface area contributed by atoms with Crippen molar-refractivity contribution in [1.82, 2.24) is 0 Å². The second kappa shape index (κ2) is 9.35. The van der Waals surface area contributed by atoms with E-state index in [0.717, 1.165) is 24.0 Å². The molecule has 138 valence electrons. The summed E-state index contributed by atoms with van der Waals surface area (Å²) in [5, 5.41) is 0. The normalized spacial score (nSPS) is 22.0. The second-order valence-corrected chi connectivity index (χ2v) is 6.78. The first kappa shape index (κ1) is 19.9. The van der Waals surface area contributed by atoms with Crippen molar-refractivity contribution in [2.24, 2.45) is 11.3 Å². The Morgan fingerprint density at radius 1 is 1.27 bits per heavy atom. The molecule has 0 spiro atoms. The molecular formula is C22H26O4. The van der Waals surface area contributed by atoms with Crippen molar-refractivity contribution in [1.29, 1.82) is 0 Å². The topological polar surface area (TPSA) is 52.6 Å². The van der Waals surface area contributed by atoms with Crippen LogP contribution < -0.4 is 0 Å². The Bertz CT molecular complexity index is 724. The highest BCUT2D eigenvalue weighted by atomic mass is 16.5. The van der Waals surface area contributed by atoms with Crippen LogP contribution in [0.5, 0.6) is 0 Å². The van der Waals surface area contributed by atoms with Gasteiger partial charge in [0.2, 0.25) is 0 Å². The van der Waals surface area contributed by atoms with Gasteiger partial charge in [-0.15, -0.1) is 0 Å². The van der Waals surface area contributed by atoms with Crippen molar-refractivity contribution in [3.8, 4) is 11.8 Å². The first-order valence-corrected chi connectivity index (χ1v) is 8.89. The SMILES string of the molecule is COCC#CC1=CCC[C@@H](C)[C@@]1(C)C(=O)CC(=O)OCc1ccccc1. The molecule has 2 rings (SSSR count). The number of allylic oxidation sites excluding steroid dienone is 2. The molecule has 0 N–H and O–H groups in total. The number of ketones is 1. The molecule has 0 bridgehead atoms. The van der Waals surface area contributed by atoms with Gasteiger partial charge in [-0.1, -0.05) is 55.2 Å². The van der Waals surface area contributed by atoms with E-state index in [1.165, 1.54) is 0 Å². The summed E-state index contributed by atoms with van der Waals surface area (Å²) in [5.41, 5.74) is 0.927. The van der Waals surface area contributed by atoms with Gasteiger partial charge in [-0.25, -0.2) is 0 Å². The molecule has 4 nitrogen and oxygen atoms in total. The van der Waals surface area contributed by atoms with Crippen molar-refractivity contribution in [3.05, 3.63) is 47.5 Å². The van der Waals surface area contributed by atoms with Gasteiger partial charge in [-0.3, -0.25) is 9.59 Å². The molecule has 0 heterocycles. The summed E-state index contributed by atoms with van der Waals surface area (Å²) in [6.07, 6.45) is 3.56. The van der Waals surface area contributed by atoms with E-state index < -0.39 is 11.4 Å². The van der Waals surface area contributed by atoms with Gasteiger partial charge < -0.3 is 9.47 Å². The molecule has 26 heavy (non-hydrogen) atoms. The smallest absolute Gasteiger partial charge is 0.313 e. The zero-order valence-electron chi connectivity index (χ0n) is 15.7. The number of Topliss-reactive ketones (excluding diaryl/α,β-unsaturated/α-hetero) is 1. The van der Waals surface area contributed by atoms with E-state index in [0.29, 0.717) is 6.61 Å². The maximum atomic E-state index is 13.0. The van der Waals surface area contributed by atoms with E-state index in [1.807, 2.05) is 50.3 Å². The van der Waals surface area contributed by atoms with E-state index >= 15 is 0 Å². The number of methoxy groups -OCH3 is 1. The number of hydrogen-bond donors (Lipinski definition) is 0. The molecule has 0 saturated heterocycles. The molecule has 2 atom stereocenters. The summed E-state index contributed by atoms with van der Waals surface area (Å²) in [6, 6.07) is 9.43. The van der Waals surface area contributed by atoms with Crippen molar-refractivity contribution in [3.63, 3.8) is 0 Å². The number of rotatable bonds is 6. The minimum atomic E-state index is -0.759. The highest BCUT2D eigenvalue weighted by Crippen LogP contribution is 2.43. The van der Waals surface area contributed by atoms with Crippen LogP contribution >= 0.6 is 0 Å². The summed E-state index contributed by atoms with van der Waals surface area (Å²) in [7, 11) is 1.58. The lowest BCUT2D eigenvalue weighted by atomic mass is 9.64. The molecule has 0 aromatic heterocycles. The average Bonchev–Trinajstić information content (AvgIpc) is 2.64. The number of carbonyl (C=O) groups excluding carboxylic acids is 2. The van der Waals surface area contributed by atoms with Gasteiger partial charge in [-0.05, 0) is 31.2 Å². The van der Waals surface area contributed by atoms with Crippen molar-refractivity contribution in [2.45, 2.75) is 39.7 Å². The molecule has 1 aliphatic rings. The summed E-state index contributed by atoms with van der Waals surface area (Å²) in [4.78, 5) is 25.1. The van der Waals surface area contributed by atoms with E-state index in [2.05, 4.69) is 11.8 Å². The number of esters is 1. The molecular weight excluding hydrogens is 328 g/mol. The molecule has 0 saturated carbocycles. The Morgan fingerprint density at radius 3 is 2.69 bits per heavy atom. The molecule has 1 aromatic carbocycles. The Labute approximate surface area is 155 Å². The van der Waals surface area contributed by atoms with Crippen molar-refractivity contribution < 1.29 is 19.1 Å². The van der Waals surface area contributed by atoms with E-state index in [9.17, 15) is 9.59 Å². The Kier molecular flexibility index (Phi) is 7.17. The van der Waals surface area contributed by atoms with Crippen LogP contribution in [0, 0.1) is 23.2 Å². The first-order valence-electron chi connectivity index (χ1n) is 8.89.